The van der Waals surface area contributed by atoms with Crippen molar-refractivity contribution in [2.45, 2.75) is 0 Å². The zero-order valence-electron chi connectivity index (χ0n) is 2.48. The van der Waals surface area contributed by atoms with Gasteiger partial charge >= 0.3 is 0 Å². The predicted molar refractivity (Wildman–Crippen MR) is 19.6 cm³/mol. The van der Waals surface area contributed by atoms with Crippen molar-refractivity contribution in [3.05, 3.63) is 0 Å². The van der Waals surface area contributed by atoms with Gasteiger partial charge in [0.2, 0.25) is 35.3 Å². The van der Waals surface area contributed by atoms with Gasteiger partial charge in [-0.3, -0.25) is 0 Å². The van der Waals surface area contributed by atoms with E-state index in [0.29, 0.717) is 0 Å². The van der Waals surface area contributed by atoms with Gasteiger partial charge in [0.05, 0.1) is 0 Å². The second-order valence-electron chi connectivity index (χ2n) is 0.418. The van der Waals surface area contributed by atoms with E-state index in [0.717, 1.165) is 0 Å². The standard InChI is InChI=1S/Cl3HNO.V/c1-4(2,3)5;/h5H;/q+1;. The molecule has 0 saturated carbocycles. The fourth-order valence-electron chi connectivity index (χ4n) is 0. The van der Waals surface area contributed by atoms with Gasteiger partial charge in [0.15, 0.2) is 0 Å². The molecule has 0 saturated heterocycles. The van der Waals surface area contributed by atoms with Gasteiger partial charge in [0, 0.05) is 18.6 Å². The molecule has 6 heteroatoms. The van der Waals surface area contributed by atoms with Crippen molar-refractivity contribution in [3.63, 3.8) is 0 Å². The molecule has 1 radical (unpaired) electrons. The molecule has 6 heavy (non-hydrogen) atoms. The molecule has 0 heterocycles. The summed E-state index contributed by atoms with van der Waals surface area (Å²) >= 11 is 13.7. The molecule has 0 aromatic carbocycles. The molecule has 0 atom stereocenters. The normalized spacial score (nSPS) is 10.0. The Kier molecular flexibility index (Phi) is 5.85. The van der Waals surface area contributed by atoms with Gasteiger partial charge in [-0.05, 0) is 0 Å². The smallest absolute Gasteiger partial charge is 0.158 e. The molecule has 0 fully saturated rings. The third-order valence-corrected chi connectivity index (χ3v) is 0. The van der Waals surface area contributed by atoms with E-state index in [1.165, 1.54) is 0 Å². The molecule has 0 aliphatic rings. The summed E-state index contributed by atoms with van der Waals surface area (Å²) in [5, 5.41) is 7.75. The van der Waals surface area contributed by atoms with Crippen LogP contribution in [-0.2, 0) is 18.6 Å². The number of nitrogens with zero attached hydrogens (tertiary/aromatic N) is 1. The molecule has 0 spiro atoms. The van der Waals surface area contributed by atoms with Gasteiger partial charge in [-0.1, -0.05) is 0 Å². The summed E-state index contributed by atoms with van der Waals surface area (Å²) in [4.78, 5) is 0. The molecule has 0 rings (SSSR count). The van der Waals surface area contributed by atoms with E-state index in [1.807, 2.05) is 0 Å². The third kappa shape index (κ3) is 54.4. The van der Waals surface area contributed by atoms with Crippen LogP contribution in [0.4, 0.5) is 0 Å². The summed E-state index contributed by atoms with van der Waals surface area (Å²) in [6, 6.07) is 0. The number of quaternary nitrogens is 1. The van der Waals surface area contributed by atoms with Gasteiger partial charge in [0.25, 0.3) is 0 Å². The van der Waals surface area contributed by atoms with Crippen LogP contribution in [0.5, 0.6) is 0 Å². The second kappa shape index (κ2) is 3.39. The number of halogens is 3. The van der Waals surface area contributed by atoms with Gasteiger partial charge < -0.3 is 0 Å². The van der Waals surface area contributed by atoms with Crippen LogP contribution in [0.3, 0.4) is 0 Å². The summed E-state index contributed by atoms with van der Waals surface area (Å²) in [6.07, 6.45) is 0. The first-order valence-corrected chi connectivity index (χ1v) is 1.72. The zero-order valence-corrected chi connectivity index (χ0v) is 6.14. The Morgan fingerprint density at radius 3 is 1.17 bits per heavy atom. The summed E-state index contributed by atoms with van der Waals surface area (Å²) < 4.78 is -1.58. The number of rotatable bonds is 0. The Morgan fingerprint density at radius 1 is 1.17 bits per heavy atom. The molecule has 0 aliphatic heterocycles. The molecule has 0 amide bonds. The Bertz CT molecular complexity index is 26.3. The maximum Gasteiger partial charge on any atom is 0.249 e. The Morgan fingerprint density at radius 2 is 1.17 bits per heavy atom. The monoisotopic (exact) mass is 187 g/mol. The SMILES string of the molecule is O[N+](Cl)(Cl)Cl.[V]. The van der Waals surface area contributed by atoms with Crippen LogP contribution in [-0.4, -0.2) is 8.41 Å². The van der Waals surface area contributed by atoms with Gasteiger partial charge in [-0.2, -0.15) is 5.21 Å². The number of hydrogen-bond donors (Lipinski definition) is 1. The third-order valence-electron chi connectivity index (χ3n) is 0. The van der Waals surface area contributed by atoms with Crippen molar-refractivity contribution in [2.24, 2.45) is 0 Å². The molecular weight excluding hydrogens is 187 g/mol. The van der Waals surface area contributed by atoms with Crippen LogP contribution in [0.15, 0.2) is 0 Å². The average Bonchev–Trinajstić information content (AvgIpc) is 0.722. The molecule has 0 bridgehead atoms. The Hall–Kier alpha value is 1.37. The van der Waals surface area contributed by atoms with Crippen LogP contribution in [0.1, 0.15) is 0 Å². The van der Waals surface area contributed by atoms with E-state index in [2.05, 4.69) is 35.3 Å². The number of hydrogen-bond acceptors (Lipinski definition) is 1. The molecule has 2 nitrogen and oxygen atoms in total. The molecular formula is HCl3NOV+. The summed E-state index contributed by atoms with van der Waals surface area (Å²) in [6.45, 7) is 0. The van der Waals surface area contributed by atoms with Crippen molar-refractivity contribution in [1.82, 2.24) is 0 Å². The molecule has 1 N–H and O–H groups in total. The molecule has 0 aromatic rings. The fourth-order valence-corrected chi connectivity index (χ4v) is 0. The van der Waals surface area contributed by atoms with Gasteiger partial charge in [-0.25, -0.2) is 0 Å². The zero-order chi connectivity index (χ0) is 4.50. The predicted octanol–water partition coefficient (Wildman–Crippen LogP) is 1.65. The van der Waals surface area contributed by atoms with E-state index < -0.39 is 3.20 Å². The summed E-state index contributed by atoms with van der Waals surface area (Å²) in [5.41, 5.74) is 0. The first kappa shape index (κ1) is 10.4. The largest absolute Gasteiger partial charge is 0.249 e. The molecule has 0 unspecified atom stereocenters. The first-order chi connectivity index (χ1) is 2.00. The van der Waals surface area contributed by atoms with E-state index >= 15 is 0 Å². The van der Waals surface area contributed by atoms with Crippen LogP contribution in [0, 0.1) is 0 Å². The molecule has 0 aliphatic carbocycles. The maximum absolute atomic E-state index is 7.75. The maximum atomic E-state index is 7.75. The topological polar surface area (TPSA) is 20.2 Å². The Labute approximate surface area is 62.3 Å². The minimum atomic E-state index is -1.58. The van der Waals surface area contributed by atoms with Crippen LogP contribution in [0.2, 0.25) is 0 Å². The average molecular weight is 188 g/mol. The van der Waals surface area contributed by atoms with Crippen LogP contribution < -0.4 is 0 Å². The summed E-state index contributed by atoms with van der Waals surface area (Å²) in [5.74, 6) is 0. The van der Waals surface area contributed by atoms with Crippen LogP contribution >= 0.6 is 35.3 Å². The van der Waals surface area contributed by atoms with Crippen molar-refractivity contribution in [1.29, 1.82) is 0 Å². The van der Waals surface area contributed by atoms with Crippen molar-refractivity contribution in [3.8, 4) is 0 Å². The van der Waals surface area contributed by atoms with E-state index in [1.54, 1.807) is 0 Å². The second-order valence-corrected chi connectivity index (χ2v) is 2.41. The minimum absolute atomic E-state index is 0. The van der Waals surface area contributed by atoms with E-state index in [-0.39, 0.29) is 18.6 Å². The van der Waals surface area contributed by atoms with Gasteiger partial charge in [0.1, 0.15) is 3.20 Å². The molecule has 0 aromatic heterocycles. The fraction of sp³-hybridized carbons (Fsp3) is 0. The van der Waals surface area contributed by atoms with Crippen molar-refractivity contribution < 1.29 is 27.0 Å². The minimum Gasteiger partial charge on any atom is -0.158 e. The Balaban J connectivity index is 0. The quantitative estimate of drug-likeness (QED) is 0.453. The van der Waals surface area contributed by atoms with Crippen molar-refractivity contribution in [2.75, 3.05) is 0 Å². The van der Waals surface area contributed by atoms with Gasteiger partial charge in [-0.15, -0.1) is 0 Å². The first-order valence-electron chi connectivity index (χ1n) is 0.707. The summed E-state index contributed by atoms with van der Waals surface area (Å²) in [7, 11) is 0. The van der Waals surface area contributed by atoms with Crippen LogP contribution in [0.25, 0.3) is 0 Å². The van der Waals surface area contributed by atoms with Crippen molar-refractivity contribution >= 4 is 35.3 Å². The molecule has 37 valence electrons. The van der Waals surface area contributed by atoms with E-state index in [9.17, 15) is 0 Å². The van der Waals surface area contributed by atoms with E-state index in [4.69, 9.17) is 5.21 Å².